The van der Waals surface area contributed by atoms with E-state index in [1.54, 1.807) is 14.2 Å². The Bertz CT molecular complexity index is 1840. The summed E-state index contributed by atoms with van der Waals surface area (Å²) in [5, 5.41) is 0. The van der Waals surface area contributed by atoms with Crippen molar-refractivity contribution in [3.63, 3.8) is 0 Å². The van der Waals surface area contributed by atoms with Crippen molar-refractivity contribution < 1.29 is 9.47 Å². The number of imidazole rings is 2. The van der Waals surface area contributed by atoms with Gasteiger partial charge in [-0.2, -0.15) is 0 Å². The summed E-state index contributed by atoms with van der Waals surface area (Å²) < 4.78 is 10.7. The summed E-state index contributed by atoms with van der Waals surface area (Å²) in [6, 6.07) is 44.9. The molecule has 0 aliphatic rings. The third kappa shape index (κ3) is 5.25. The fourth-order valence-corrected chi connectivity index (χ4v) is 5.35. The Balaban J connectivity index is 1.26. The fourth-order valence-electron chi connectivity index (χ4n) is 5.35. The summed E-state index contributed by atoms with van der Waals surface area (Å²) in [5.41, 5.74) is 9.85. The highest BCUT2D eigenvalue weighted by Gasteiger charge is 2.18. The maximum atomic E-state index is 5.37. The van der Waals surface area contributed by atoms with Crippen molar-refractivity contribution in [2.75, 3.05) is 14.2 Å². The monoisotopic (exact) mass is 574 g/mol. The highest BCUT2D eigenvalue weighted by atomic mass is 16.5. The first-order chi connectivity index (χ1) is 21.7. The maximum absolute atomic E-state index is 5.37. The van der Waals surface area contributed by atoms with Gasteiger partial charge in [-0.25, -0.2) is 9.97 Å². The molecular formula is C38H30N4O2. The zero-order valence-electron chi connectivity index (χ0n) is 24.4. The number of rotatable bonds is 8. The lowest BCUT2D eigenvalue weighted by Crippen LogP contribution is -1.86. The number of aromatic nitrogens is 4. The summed E-state index contributed by atoms with van der Waals surface area (Å²) in [6.07, 6.45) is 0. The largest absolute Gasteiger partial charge is 0.497 e. The number of hydrogen-bond donors (Lipinski definition) is 2. The Morgan fingerprint density at radius 2 is 0.727 bits per heavy atom. The van der Waals surface area contributed by atoms with Crippen molar-refractivity contribution in [2.45, 2.75) is 0 Å². The van der Waals surface area contributed by atoms with Crippen molar-refractivity contribution in [1.82, 2.24) is 19.9 Å². The minimum Gasteiger partial charge on any atom is -0.497 e. The smallest absolute Gasteiger partial charge is 0.138 e. The molecule has 0 aliphatic carbocycles. The Morgan fingerprint density at radius 1 is 0.386 bits per heavy atom. The molecule has 0 radical (unpaired) electrons. The van der Waals surface area contributed by atoms with Gasteiger partial charge < -0.3 is 19.4 Å². The average Bonchev–Trinajstić information content (AvgIpc) is 3.76. The molecule has 2 heterocycles. The van der Waals surface area contributed by atoms with Crippen molar-refractivity contribution in [1.29, 1.82) is 0 Å². The van der Waals surface area contributed by atoms with Crippen molar-refractivity contribution >= 4 is 0 Å². The van der Waals surface area contributed by atoms with Gasteiger partial charge in [-0.3, -0.25) is 0 Å². The Hall–Kier alpha value is -5.88. The Kier molecular flexibility index (Phi) is 7.22. The van der Waals surface area contributed by atoms with E-state index in [2.05, 4.69) is 58.5 Å². The van der Waals surface area contributed by atoms with Gasteiger partial charge in [0, 0.05) is 33.4 Å². The summed E-state index contributed by atoms with van der Waals surface area (Å²) >= 11 is 0. The summed E-state index contributed by atoms with van der Waals surface area (Å²) in [5.74, 6) is 3.21. The van der Waals surface area contributed by atoms with E-state index in [9.17, 15) is 0 Å². The van der Waals surface area contributed by atoms with E-state index in [1.165, 1.54) is 0 Å². The first-order valence-electron chi connectivity index (χ1n) is 14.4. The van der Waals surface area contributed by atoms with Crippen LogP contribution in [0.25, 0.3) is 67.8 Å². The first kappa shape index (κ1) is 27.0. The third-order valence-corrected chi connectivity index (χ3v) is 7.69. The van der Waals surface area contributed by atoms with Crippen molar-refractivity contribution in [3.8, 4) is 79.3 Å². The SMILES string of the molecule is COc1ccc(-c2nc(-c3ccc(-c4nc(-c5ccc(OC)cc5)c(-c5ccccc5)[nH]4)cc3)[nH]c2-c2ccccc2)cc1. The maximum Gasteiger partial charge on any atom is 0.138 e. The molecule has 0 aliphatic heterocycles. The summed E-state index contributed by atoms with van der Waals surface area (Å²) in [4.78, 5) is 17.3. The van der Waals surface area contributed by atoms with Gasteiger partial charge >= 0.3 is 0 Å². The molecule has 6 heteroatoms. The average molecular weight is 575 g/mol. The van der Waals surface area contributed by atoms with Gasteiger partial charge in [-0.1, -0.05) is 84.9 Å². The molecule has 0 saturated heterocycles. The molecule has 6 nitrogen and oxygen atoms in total. The first-order valence-corrected chi connectivity index (χ1v) is 14.4. The van der Waals surface area contributed by atoms with E-state index in [0.717, 1.165) is 79.3 Å². The molecule has 7 rings (SSSR count). The molecule has 44 heavy (non-hydrogen) atoms. The van der Waals surface area contributed by atoms with Crippen LogP contribution in [-0.2, 0) is 0 Å². The lowest BCUT2D eigenvalue weighted by atomic mass is 10.1. The molecular weight excluding hydrogens is 544 g/mol. The van der Waals surface area contributed by atoms with Crippen molar-refractivity contribution in [2.24, 2.45) is 0 Å². The number of nitrogens with one attached hydrogen (secondary N) is 2. The molecule has 2 N–H and O–H groups in total. The number of methoxy groups -OCH3 is 2. The van der Waals surface area contributed by atoms with Crippen LogP contribution in [-0.4, -0.2) is 34.2 Å². The van der Waals surface area contributed by atoms with E-state index >= 15 is 0 Å². The number of nitrogens with zero attached hydrogens (tertiary/aromatic N) is 2. The summed E-state index contributed by atoms with van der Waals surface area (Å²) in [7, 11) is 3.34. The van der Waals surface area contributed by atoms with Crippen LogP contribution in [0.5, 0.6) is 11.5 Å². The van der Waals surface area contributed by atoms with Gasteiger partial charge in [0.1, 0.15) is 23.1 Å². The molecule has 214 valence electrons. The summed E-state index contributed by atoms with van der Waals surface area (Å²) in [6.45, 7) is 0. The van der Waals surface area contributed by atoms with E-state index in [4.69, 9.17) is 19.4 Å². The predicted octanol–water partition coefficient (Wildman–Crippen LogP) is 9.15. The van der Waals surface area contributed by atoms with E-state index < -0.39 is 0 Å². The molecule has 0 bridgehead atoms. The number of H-pyrrole nitrogens is 2. The predicted molar refractivity (Wildman–Crippen MR) is 176 cm³/mol. The van der Waals surface area contributed by atoms with Crippen LogP contribution in [0.3, 0.4) is 0 Å². The van der Waals surface area contributed by atoms with Crippen LogP contribution in [0.15, 0.2) is 133 Å². The fraction of sp³-hybridized carbons (Fsp3) is 0.0526. The number of aromatic amines is 2. The Labute approximate surface area is 256 Å². The third-order valence-electron chi connectivity index (χ3n) is 7.69. The van der Waals surface area contributed by atoms with Gasteiger partial charge in [0.15, 0.2) is 0 Å². The zero-order valence-corrected chi connectivity index (χ0v) is 24.4. The van der Waals surface area contributed by atoms with Crippen LogP contribution in [0.4, 0.5) is 0 Å². The topological polar surface area (TPSA) is 75.8 Å². The molecule has 0 spiro atoms. The normalized spacial score (nSPS) is 11.0. The lowest BCUT2D eigenvalue weighted by Gasteiger charge is -2.04. The molecule has 5 aromatic carbocycles. The quantitative estimate of drug-likeness (QED) is 0.190. The van der Waals surface area contributed by atoms with Crippen LogP contribution < -0.4 is 9.47 Å². The second-order valence-corrected chi connectivity index (χ2v) is 10.4. The van der Waals surface area contributed by atoms with Gasteiger partial charge in [0.2, 0.25) is 0 Å². The van der Waals surface area contributed by atoms with E-state index in [-0.39, 0.29) is 0 Å². The molecule has 0 atom stereocenters. The minimum absolute atomic E-state index is 0.796. The van der Waals surface area contributed by atoms with Crippen LogP contribution in [0, 0.1) is 0 Å². The van der Waals surface area contributed by atoms with Gasteiger partial charge in [-0.15, -0.1) is 0 Å². The number of ether oxygens (including phenoxy) is 2. The molecule has 7 aromatic rings. The molecule has 0 saturated carbocycles. The van der Waals surface area contributed by atoms with Gasteiger partial charge in [-0.05, 0) is 48.5 Å². The highest BCUT2D eigenvalue weighted by molar-refractivity contribution is 5.83. The van der Waals surface area contributed by atoms with Crippen molar-refractivity contribution in [3.05, 3.63) is 133 Å². The van der Waals surface area contributed by atoms with Gasteiger partial charge in [0.25, 0.3) is 0 Å². The highest BCUT2D eigenvalue weighted by Crippen LogP contribution is 2.36. The standard InChI is InChI=1S/C38H30N4O2/c1-43-31-21-17-27(18-22-31)35-33(25-9-5-3-6-10-25)39-37(41-35)29-13-15-30(16-14-29)38-40-34(26-11-7-4-8-12-26)36(42-38)28-19-23-32(44-2)24-20-28/h3-24H,1-2H3,(H,39,41)(H,40,42). The molecule has 0 amide bonds. The Morgan fingerprint density at radius 3 is 1.07 bits per heavy atom. The zero-order chi connectivity index (χ0) is 29.9. The molecule has 2 aromatic heterocycles. The molecule has 0 unspecified atom stereocenters. The lowest BCUT2D eigenvalue weighted by molar-refractivity contribution is 0.415. The van der Waals surface area contributed by atoms with Gasteiger partial charge in [0.05, 0.1) is 37.0 Å². The number of benzene rings is 5. The van der Waals surface area contributed by atoms with Crippen LogP contribution in [0.2, 0.25) is 0 Å². The van der Waals surface area contributed by atoms with Crippen LogP contribution in [0.1, 0.15) is 0 Å². The van der Waals surface area contributed by atoms with E-state index in [0.29, 0.717) is 0 Å². The van der Waals surface area contributed by atoms with E-state index in [1.807, 2.05) is 84.9 Å². The molecule has 0 fully saturated rings. The second-order valence-electron chi connectivity index (χ2n) is 10.4. The second kappa shape index (κ2) is 11.8. The number of hydrogen-bond acceptors (Lipinski definition) is 4. The minimum atomic E-state index is 0.796. The van der Waals surface area contributed by atoms with Crippen LogP contribution >= 0.6 is 0 Å².